The van der Waals surface area contributed by atoms with Gasteiger partial charge in [0.2, 0.25) is 0 Å². The van der Waals surface area contributed by atoms with E-state index in [0.29, 0.717) is 23.6 Å². The average molecular weight is 250 g/mol. The number of primary amides is 1. The summed E-state index contributed by atoms with van der Waals surface area (Å²) in [5, 5.41) is 0. The molecular formula is C13H18N2O3. The molecule has 0 bridgehead atoms. The minimum absolute atomic E-state index is 0.0817. The van der Waals surface area contributed by atoms with Gasteiger partial charge >= 0.3 is 0 Å². The molecule has 0 saturated carbocycles. The van der Waals surface area contributed by atoms with Crippen molar-refractivity contribution >= 4 is 11.6 Å². The molecule has 1 fully saturated rings. The maximum Gasteiger partial charge on any atom is 0.252 e. The van der Waals surface area contributed by atoms with E-state index in [0.717, 1.165) is 12.8 Å². The van der Waals surface area contributed by atoms with Gasteiger partial charge in [0.05, 0.1) is 17.8 Å². The van der Waals surface area contributed by atoms with Crippen molar-refractivity contribution in [3.05, 3.63) is 23.8 Å². The van der Waals surface area contributed by atoms with Crippen LogP contribution in [0.25, 0.3) is 0 Å². The highest BCUT2D eigenvalue weighted by Gasteiger charge is 2.22. The number of carbonyl (C=O) groups is 1. The zero-order valence-electron chi connectivity index (χ0n) is 10.4. The van der Waals surface area contributed by atoms with Gasteiger partial charge in [-0.15, -0.1) is 0 Å². The van der Waals surface area contributed by atoms with Crippen molar-refractivity contribution in [2.75, 3.05) is 12.3 Å². The summed E-state index contributed by atoms with van der Waals surface area (Å²) >= 11 is 0. The van der Waals surface area contributed by atoms with E-state index in [1.807, 2.05) is 6.92 Å². The number of rotatable bonds is 4. The zero-order chi connectivity index (χ0) is 13.1. The summed E-state index contributed by atoms with van der Waals surface area (Å²) in [5.41, 5.74) is 11.7. The third kappa shape index (κ3) is 2.92. The molecule has 4 N–H and O–H groups in total. The second-order valence-corrected chi connectivity index (χ2v) is 4.58. The van der Waals surface area contributed by atoms with Crippen LogP contribution in [0.4, 0.5) is 5.69 Å². The van der Waals surface area contributed by atoms with Crippen LogP contribution in [-0.2, 0) is 4.74 Å². The Balaban J connectivity index is 2.02. The van der Waals surface area contributed by atoms with Crippen molar-refractivity contribution < 1.29 is 14.3 Å². The zero-order valence-corrected chi connectivity index (χ0v) is 10.4. The van der Waals surface area contributed by atoms with E-state index in [2.05, 4.69) is 0 Å². The first-order valence-corrected chi connectivity index (χ1v) is 6.04. The van der Waals surface area contributed by atoms with Crippen LogP contribution in [0.2, 0.25) is 0 Å². The van der Waals surface area contributed by atoms with Crippen LogP contribution in [0.3, 0.4) is 0 Å². The van der Waals surface area contributed by atoms with Gasteiger partial charge in [0, 0.05) is 5.69 Å². The summed E-state index contributed by atoms with van der Waals surface area (Å²) in [6, 6.07) is 4.86. The predicted octanol–water partition coefficient (Wildman–Crippen LogP) is 1.31. The van der Waals surface area contributed by atoms with Crippen LogP contribution in [0, 0.1) is 0 Å². The van der Waals surface area contributed by atoms with Gasteiger partial charge in [0.1, 0.15) is 12.4 Å². The monoisotopic (exact) mass is 250 g/mol. The lowest BCUT2D eigenvalue weighted by atomic mass is 10.1. The fraction of sp³-hybridized carbons (Fsp3) is 0.462. The highest BCUT2D eigenvalue weighted by atomic mass is 16.5. The Morgan fingerprint density at radius 2 is 2.28 bits per heavy atom. The normalized spacial score (nSPS) is 22.9. The quantitative estimate of drug-likeness (QED) is 0.789. The number of amides is 1. The average Bonchev–Trinajstić information content (AvgIpc) is 2.73. The van der Waals surface area contributed by atoms with Crippen LogP contribution in [-0.4, -0.2) is 24.7 Å². The molecule has 2 rings (SSSR count). The van der Waals surface area contributed by atoms with Crippen molar-refractivity contribution in [1.82, 2.24) is 0 Å². The molecular weight excluding hydrogens is 232 g/mol. The van der Waals surface area contributed by atoms with Gasteiger partial charge in [-0.1, -0.05) is 0 Å². The number of ether oxygens (including phenoxy) is 2. The molecule has 1 amide bonds. The van der Waals surface area contributed by atoms with E-state index in [9.17, 15) is 4.79 Å². The SMILES string of the molecule is CC1CCC(COc2ccc(N)cc2C(N)=O)O1. The number of nitrogen functional groups attached to an aromatic ring is 1. The molecule has 18 heavy (non-hydrogen) atoms. The van der Waals surface area contributed by atoms with Crippen LogP contribution >= 0.6 is 0 Å². The van der Waals surface area contributed by atoms with Crippen molar-refractivity contribution in [1.29, 1.82) is 0 Å². The van der Waals surface area contributed by atoms with Gasteiger partial charge in [0.25, 0.3) is 5.91 Å². The number of hydrogen-bond acceptors (Lipinski definition) is 4. The number of nitrogens with two attached hydrogens (primary N) is 2. The van der Waals surface area contributed by atoms with Crippen LogP contribution in [0.15, 0.2) is 18.2 Å². The third-order valence-electron chi connectivity index (χ3n) is 3.01. The second kappa shape index (κ2) is 5.27. The number of benzene rings is 1. The molecule has 1 aliphatic heterocycles. The van der Waals surface area contributed by atoms with Gasteiger partial charge in [-0.05, 0) is 38.0 Å². The third-order valence-corrected chi connectivity index (χ3v) is 3.01. The van der Waals surface area contributed by atoms with E-state index in [-0.39, 0.29) is 12.2 Å². The van der Waals surface area contributed by atoms with Gasteiger partial charge in [0.15, 0.2) is 0 Å². The van der Waals surface area contributed by atoms with Crippen molar-refractivity contribution in [2.24, 2.45) is 5.73 Å². The topological polar surface area (TPSA) is 87.6 Å². The lowest BCUT2D eigenvalue weighted by molar-refractivity contribution is 0.0262. The lowest BCUT2D eigenvalue weighted by Crippen LogP contribution is -2.20. The first kappa shape index (κ1) is 12.7. The Kier molecular flexibility index (Phi) is 3.72. The molecule has 98 valence electrons. The maximum atomic E-state index is 11.3. The largest absolute Gasteiger partial charge is 0.490 e. The number of carbonyl (C=O) groups excluding carboxylic acids is 1. The van der Waals surface area contributed by atoms with Gasteiger partial charge in [-0.25, -0.2) is 0 Å². The van der Waals surface area contributed by atoms with Crippen molar-refractivity contribution in [3.8, 4) is 5.75 Å². The molecule has 1 aliphatic rings. The predicted molar refractivity (Wildman–Crippen MR) is 68.4 cm³/mol. The van der Waals surface area contributed by atoms with E-state index < -0.39 is 5.91 Å². The first-order valence-electron chi connectivity index (χ1n) is 6.04. The lowest BCUT2D eigenvalue weighted by Gasteiger charge is -2.14. The standard InChI is InChI=1S/C13H18N2O3/c1-8-2-4-10(18-8)7-17-12-5-3-9(14)6-11(12)13(15)16/h3,5-6,8,10H,2,4,7,14H2,1H3,(H2,15,16). The molecule has 1 aromatic carbocycles. The molecule has 0 radical (unpaired) electrons. The molecule has 1 saturated heterocycles. The Labute approximate surface area is 106 Å². The minimum atomic E-state index is -0.544. The molecule has 0 aromatic heterocycles. The second-order valence-electron chi connectivity index (χ2n) is 4.58. The van der Waals surface area contributed by atoms with Crippen LogP contribution in [0.1, 0.15) is 30.1 Å². The summed E-state index contributed by atoms with van der Waals surface area (Å²) < 4.78 is 11.2. The summed E-state index contributed by atoms with van der Waals surface area (Å²) in [6.45, 7) is 2.46. The highest BCUT2D eigenvalue weighted by molar-refractivity contribution is 5.96. The highest BCUT2D eigenvalue weighted by Crippen LogP contribution is 2.24. The van der Waals surface area contributed by atoms with Gasteiger partial charge in [-0.2, -0.15) is 0 Å². The molecule has 5 nitrogen and oxygen atoms in total. The Hall–Kier alpha value is -1.75. The van der Waals surface area contributed by atoms with Gasteiger partial charge in [-0.3, -0.25) is 4.79 Å². The molecule has 0 spiro atoms. The summed E-state index contributed by atoms with van der Waals surface area (Å²) in [5.74, 6) is -0.0853. The number of hydrogen-bond donors (Lipinski definition) is 2. The molecule has 1 heterocycles. The first-order chi connectivity index (χ1) is 8.56. The Morgan fingerprint density at radius 1 is 1.50 bits per heavy atom. The number of anilines is 1. The molecule has 5 heteroatoms. The molecule has 0 aliphatic carbocycles. The van der Waals surface area contributed by atoms with Gasteiger partial charge < -0.3 is 20.9 Å². The van der Waals surface area contributed by atoms with Crippen LogP contribution in [0.5, 0.6) is 5.75 Å². The fourth-order valence-electron chi connectivity index (χ4n) is 2.06. The summed E-state index contributed by atoms with van der Waals surface area (Å²) in [6.07, 6.45) is 2.37. The Bertz CT molecular complexity index is 448. The molecule has 2 unspecified atom stereocenters. The molecule has 2 atom stereocenters. The van der Waals surface area contributed by atoms with E-state index in [4.69, 9.17) is 20.9 Å². The van der Waals surface area contributed by atoms with Crippen LogP contribution < -0.4 is 16.2 Å². The Morgan fingerprint density at radius 3 is 2.89 bits per heavy atom. The summed E-state index contributed by atoms with van der Waals surface area (Å²) in [7, 11) is 0. The van der Waals surface area contributed by atoms with E-state index in [1.165, 1.54) is 6.07 Å². The molecule has 1 aromatic rings. The fourth-order valence-corrected chi connectivity index (χ4v) is 2.06. The van der Waals surface area contributed by atoms with Crippen molar-refractivity contribution in [3.63, 3.8) is 0 Å². The van der Waals surface area contributed by atoms with E-state index in [1.54, 1.807) is 12.1 Å². The van der Waals surface area contributed by atoms with E-state index >= 15 is 0 Å². The van der Waals surface area contributed by atoms with Crippen molar-refractivity contribution in [2.45, 2.75) is 32.0 Å². The summed E-state index contributed by atoms with van der Waals surface area (Å²) in [4.78, 5) is 11.3. The maximum absolute atomic E-state index is 11.3. The minimum Gasteiger partial charge on any atom is -0.490 e. The smallest absolute Gasteiger partial charge is 0.252 e.